The van der Waals surface area contributed by atoms with Gasteiger partial charge in [-0.3, -0.25) is 4.79 Å². The maximum absolute atomic E-state index is 12.9. The van der Waals surface area contributed by atoms with Crippen molar-refractivity contribution in [3.8, 4) is 0 Å². The summed E-state index contributed by atoms with van der Waals surface area (Å²) in [5.41, 5.74) is 1.91. The van der Waals surface area contributed by atoms with E-state index in [1.165, 1.54) is 23.9 Å². The second-order valence-corrected chi connectivity index (χ2v) is 7.02. The lowest BCUT2D eigenvalue weighted by molar-refractivity contribution is -0.120. The van der Waals surface area contributed by atoms with Crippen LogP contribution < -0.4 is 5.32 Å². The zero-order chi connectivity index (χ0) is 18.4. The van der Waals surface area contributed by atoms with Crippen molar-refractivity contribution >= 4 is 17.7 Å². The minimum Gasteiger partial charge on any atom is -0.416 e. The predicted octanol–water partition coefficient (Wildman–Crippen LogP) is 3.60. The molecule has 5 nitrogen and oxygen atoms in total. The molecule has 3 aromatic rings. The number of nitrogens with zero attached hydrogens (tertiary/aromatic N) is 2. The van der Waals surface area contributed by atoms with Gasteiger partial charge < -0.3 is 9.73 Å². The van der Waals surface area contributed by atoms with E-state index in [-0.39, 0.29) is 17.0 Å². The summed E-state index contributed by atoms with van der Waals surface area (Å²) in [6, 6.07) is 15.8. The van der Waals surface area contributed by atoms with E-state index in [1.54, 1.807) is 19.1 Å². The molecule has 1 atom stereocenters. The van der Waals surface area contributed by atoms with Gasteiger partial charge in [-0.1, -0.05) is 54.2 Å². The smallest absolute Gasteiger partial charge is 0.277 e. The molecule has 0 saturated carbocycles. The number of amides is 1. The number of hydrogen-bond donors (Lipinski definition) is 1. The fraction of sp³-hybridized carbons (Fsp3) is 0.211. The SMILES string of the molecule is C[C@@H](Sc1nnc(Cc2ccccc2)o1)C(=O)NCc1ccc(F)cc1. The molecule has 1 heterocycles. The predicted molar refractivity (Wildman–Crippen MR) is 97.1 cm³/mol. The van der Waals surface area contributed by atoms with Crippen LogP contribution >= 0.6 is 11.8 Å². The number of hydrogen-bond acceptors (Lipinski definition) is 5. The Bertz CT molecular complexity index is 853. The highest BCUT2D eigenvalue weighted by Gasteiger charge is 2.18. The van der Waals surface area contributed by atoms with Crippen LogP contribution in [0, 0.1) is 5.82 Å². The second-order valence-electron chi connectivity index (χ2n) is 5.73. The number of halogens is 1. The average molecular weight is 371 g/mol. The van der Waals surface area contributed by atoms with Crippen molar-refractivity contribution in [2.45, 2.75) is 30.4 Å². The molecule has 0 fully saturated rings. The summed E-state index contributed by atoms with van der Waals surface area (Å²) in [6.07, 6.45) is 0.555. The Hall–Kier alpha value is -2.67. The molecule has 26 heavy (non-hydrogen) atoms. The van der Waals surface area contributed by atoms with Crippen LogP contribution in [-0.2, 0) is 17.8 Å². The van der Waals surface area contributed by atoms with Gasteiger partial charge in [0.25, 0.3) is 5.22 Å². The van der Waals surface area contributed by atoms with Gasteiger partial charge in [0.1, 0.15) is 5.82 Å². The Morgan fingerprint density at radius 2 is 1.85 bits per heavy atom. The molecule has 0 aliphatic rings. The molecule has 0 saturated heterocycles. The lowest BCUT2D eigenvalue weighted by Crippen LogP contribution is -2.30. The van der Waals surface area contributed by atoms with Crippen LogP contribution in [-0.4, -0.2) is 21.4 Å². The molecule has 0 unspecified atom stereocenters. The highest BCUT2D eigenvalue weighted by Crippen LogP contribution is 2.22. The van der Waals surface area contributed by atoms with E-state index in [4.69, 9.17) is 4.42 Å². The van der Waals surface area contributed by atoms with Crippen LogP contribution in [0.25, 0.3) is 0 Å². The number of nitrogens with one attached hydrogen (secondary N) is 1. The van der Waals surface area contributed by atoms with Crippen LogP contribution in [0.4, 0.5) is 4.39 Å². The highest BCUT2D eigenvalue weighted by molar-refractivity contribution is 8.00. The number of carbonyl (C=O) groups is 1. The maximum Gasteiger partial charge on any atom is 0.277 e. The molecule has 2 aromatic carbocycles. The normalized spacial score (nSPS) is 11.9. The molecule has 0 radical (unpaired) electrons. The zero-order valence-corrected chi connectivity index (χ0v) is 15.0. The standard InChI is InChI=1S/C19H18FN3O2S/c1-13(18(24)21-12-15-7-9-16(20)10-8-15)26-19-23-22-17(25-19)11-14-5-3-2-4-6-14/h2-10,13H,11-12H2,1H3,(H,21,24)/t13-/m1/s1. The monoisotopic (exact) mass is 371 g/mol. The second kappa shape index (κ2) is 8.62. The quantitative estimate of drug-likeness (QED) is 0.643. The molecule has 0 aliphatic heterocycles. The van der Waals surface area contributed by atoms with Crippen molar-refractivity contribution in [2.24, 2.45) is 0 Å². The van der Waals surface area contributed by atoms with E-state index >= 15 is 0 Å². The van der Waals surface area contributed by atoms with Gasteiger partial charge in [0.15, 0.2) is 0 Å². The van der Waals surface area contributed by atoms with Crippen molar-refractivity contribution in [2.75, 3.05) is 0 Å². The van der Waals surface area contributed by atoms with Crippen LogP contribution in [0.1, 0.15) is 23.9 Å². The summed E-state index contributed by atoms with van der Waals surface area (Å²) < 4.78 is 18.5. The molecule has 3 rings (SSSR count). The molecule has 7 heteroatoms. The van der Waals surface area contributed by atoms with Crippen molar-refractivity contribution in [3.05, 3.63) is 77.4 Å². The first kappa shape index (κ1) is 18.1. The summed E-state index contributed by atoms with van der Waals surface area (Å²) in [4.78, 5) is 12.2. The molecule has 0 bridgehead atoms. The molecule has 0 spiro atoms. The van der Waals surface area contributed by atoms with Gasteiger partial charge in [0.05, 0.1) is 11.7 Å². The first-order valence-corrected chi connectivity index (χ1v) is 9.03. The Kier molecular flexibility index (Phi) is 6.01. The highest BCUT2D eigenvalue weighted by atomic mass is 32.2. The zero-order valence-electron chi connectivity index (χ0n) is 14.2. The number of aromatic nitrogens is 2. The lowest BCUT2D eigenvalue weighted by Gasteiger charge is -2.09. The molecule has 134 valence electrons. The Morgan fingerprint density at radius 3 is 2.58 bits per heavy atom. The Balaban J connectivity index is 1.50. The summed E-state index contributed by atoms with van der Waals surface area (Å²) in [6.45, 7) is 2.11. The van der Waals surface area contributed by atoms with Gasteiger partial charge in [-0.2, -0.15) is 0 Å². The Labute approximate surface area is 155 Å². The molecule has 1 aromatic heterocycles. The minimum atomic E-state index is -0.388. The van der Waals surface area contributed by atoms with E-state index in [9.17, 15) is 9.18 Å². The topological polar surface area (TPSA) is 68.0 Å². The number of rotatable bonds is 7. The van der Waals surface area contributed by atoms with Crippen molar-refractivity contribution in [3.63, 3.8) is 0 Å². The number of benzene rings is 2. The molecule has 1 N–H and O–H groups in total. The summed E-state index contributed by atoms with van der Waals surface area (Å²) in [7, 11) is 0. The van der Waals surface area contributed by atoms with Crippen LogP contribution in [0.5, 0.6) is 0 Å². The van der Waals surface area contributed by atoms with E-state index in [0.717, 1.165) is 11.1 Å². The third kappa shape index (κ3) is 5.16. The van der Waals surface area contributed by atoms with Crippen LogP contribution in [0.2, 0.25) is 0 Å². The van der Waals surface area contributed by atoms with Gasteiger partial charge in [-0.25, -0.2) is 4.39 Å². The fourth-order valence-electron chi connectivity index (χ4n) is 2.27. The third-order valence-corrected chi connectivity index (χ3v) is 4.61. The van der Waals surface area contributed by atoms with Crippen LogP contribution in [0.15, 0.2) is 64.2 Å². The van der Waals surface area contributed by atoms with Gasteiger partial charge >= 0.3 is 0 Å². The summed E-state index contributed by atoms with van der Waals surface area (Å²) in [5.74, 6) is 0.0615. The molecule has 1 amide bonds. The van der Waals surface area contributed by atoms with Crippen molar-refractivity contribution in [1.82, 2.24) is 15.5 Å². The van der Waals surface area contributed by atoms with E-state index < -0.39 is 0 Å². The molecule has 0 aliphatic carbocycles. The minimum absolute atomic E-state index is 0.151. The average Bonchev–Trinajstić information content (AvgIpc) is 3.08. The van der Waals surface area contributed by atoms with Gasteiger partial charge in [-0.05, 0) is 30.2 Å². The van der Waals surface area contributed by atoms with Gasteiger partial charge in [-0.15, -0.1) is 10.2 Å². The maximum atomic E-state index is 12.9. The van der Waals surface area contributed by atoms with Gasteiger partial charge in [0, 0.05) is 6.54 Å². The van der Waals surface area contributed by atoms with E-state index in [1.807, 2.05) is 30.3 Å². The lowest BCUT2D eigenvalue weighted by atomic mass is 10.2. The number of thioether (sulfide) groups is 1. The Morgan fingerprint density at radius 1 is 1.12 bits per heavy atom. The van der Waals surface area contributed by atoms with Crippen molar-refractivity contribution < 1.29 is 13.6 Å². The van der Waals surface area contributed by atoms with Crippen LogP contribution in [0.3, 0.4) is 0 Å². The molecular formula is C19H18FN3O2S. The first-order chi connectivity index (χ1) is 12.6. The van der Waals surface area contributed by atoms with Crippen molar-refractivity contribution in [1.29, 1.82) is 0 Å². The fourth-order valence-corrected chi connectivity index (χ4v) is 2.99. The summed E-state index contributed by atoms with van der Waals surface area (Å²) in [5, 5.41) is 10.8. The van der Waals surface area contributed by atoms with E-state index in [0.29, 0.717) is 24.1 Å². The molecular weight excluding hydrogens is 353 g/mol. The third-order valence-electron chi connectivity index (χ3n) is 3.67. The first-order valence-electron chi connectivity index (χ1n) is 8.15. The largest absolute Gasteiger partial charge is 0.416 e. The number of carbonyl (C=O) groups excluding carboxylic acids is 1. The summed E-state index contributed by atoms with van der Waals surface area (Å²) >= 11 is 1.21. The van der Waals surface area contributed by atoms with Gasteiger partial charge in [0.2, 0.25) is 11.8 Å². The van der Waals surface area contributed by atoms with E-state index in [2.05, 4.69) is 15.5 Å².